The van der Waals surface area contributed by atoms with Crippen LogP contribution in [0, 0.1) is 0 Å². The molecule has 0 aliphatic heterocycles. The van der Waals surface area contributed by atoms with Crippen LogP contribution in [0.4, 0.5) is 5.69 Å². The summed E-state index contributed by atoms with van der Waals surface area (Å²) >= 11 is 5.86. The Morgan fingerprint density at radius 3 is 2.26 bits per heavy atom. The van der Waals surface area contributed by atoms with Crippen molar-refractivity contribution in [2.24, 2.45) is 5.10 Å². The fraction of sp³-hybridized carbons (Fsp3) is 0.125. The predicted molar refractivity (Wildman–Crippen MR) is 123 cm³/mol. The Labute approximate surface area is 185 Å². The van der Waals surface area contributed by atoms with Crippen molar-refractivity contribution < 1.29 is 14.3 Å². The summed E-state index contributed by atoms with van der Waals surface area (Å²) in [5.41, 5.74) is 5.48. The lowest BCUT2D eigenvalue weighted by molar-refractivity contribution is -0.123. The quantitative estimate of drug-likeness (QED) is 0.405. The molecular weight excluding hydrogens is 414 g/mol. The first-order chi connectivity index (χ1) is 15.0. The minimum Gasteiger partial charge on any atom is -0.484 e. The minimum atomic E-state index is -0.353. The number of benzene rings is 3. The van der Waals surface area contributed by atoms with E-state index < -0.39 is 0 Å². The van der Waals surface area contributed by atoms with Gasteiger partial charge in [-0.05, 0) is 54.4 Å². The zero-order chi connectivity index (χ0) is 22.1. The number of carbonyl (C=O) groups is 2. The number of nitrogens with zero attached hydrogens (tertiary/aromatic N) is 1. The van der Waals surface area contributed by atoms with Crippen molar-refractivity contribution in [3.8, 4) is 5.75 Å². The van der Waals surface area contributed by atoms with E-state index in [1.807, 2.05) is 42.5 Å². The standard InChI is InChI=1S/C24H22ClN3O3/c1-17(27-28-24(30)16-31-22-5-3-2-4-6-22)19-9-13-21(14-10-19)26-23(29)15-18-7-11-20(25)12-8-18/h2-14H,15-16H2,1H3,(H,26,29)(H,28,30)/b27-17+. The molecule has 0 aliphatic carbocycles. The highest BCUT2D eigenvalue weighted by Gasteiger charge is 2.06. The van der Waals surface area contributed by atoms with E-state index in [0.29, 0.717) is 22.2 Å². The Balaban J connectivity index is 1.48. The molecule has 0 saturated carbocycles. The summed E-state index contributed by atoms with van der Waals surface area (Å²) in [4.78, 5) is 24.1. The van der Waals surface area contributed by atoms with E-state index in [2.05, 4.69) is 15.8 Å². The van der Waals surface area contributed by atoms with Gasteiger partial charge in [0.1, 0.15) is 5.75 Å². The molecule has 0 atom stereocenters. The molecule has 0 heterocycles. The number of rotatable bonds is 8. The summed E-state index contributed by atoms with van der Waals surface area (Å²) in [6, 6.07) is 23.5. The van der Waals surface area contributed by atoms with Gasteiger partial charge < -0.3 is 10.1 Å². The lowest BCUT2D eigenvalue weighted by Crippen LogP contribution is -2.25. The predicted octanol–water partition coefficient (Wildman–Crippen LogP) is 4.44. The van der Waals surface area contributed by atoms with Crippen molar-refractivity contribution in [3.63, 3.8) is 0 Å². The Morgan fingerprint density at radius 2 is 1.58 bits per heavy atom. The van der Waals surface area contributed by atoms with Crippen molar-refractivity contribution in [3.05, 3.63) is 95.0 Å². The molecule has 0 unspecified atom stereocenters. The number of ether oxygens (including phenoxy) is 1. The lowest BCUT2D eigenvalue weighted by atomic mass is 10.1. The van der Waals surface area contributed by atoms with Gasteiger partial charge in [0.25, 0.3) is 5.91 Å². The molecule has 0 aromatic heterocycles. The van der Waals surface area contributed by atoms with Gasteiger partial charge in [-0.1, -0.05) is 54.1 Å². The maximum absolute atomic E-state index is 12.2. The van der Waals surface area contributed by atoms with Crippen LogP contribution in [0.2, 0.25) is 5.02 Å². The number of nitrogens with one attached hydrogen (secondary N) is 2. The number of hydrazone groups is 1. The van der Waals surface area contributed by atoms with Crippen molar-refractivity contribution in [2.75, 3.05) is 11.9 Å². The van der Waals surface area contributed by atoms with Gasteiger partial charge in [0.15, 0.2) is 6.61 Å². The number of carbonyl (C=O) groups excluding carboxylic acids is 2. The maximum Gasteiger partial charge on any atom is 0.277 e. The van der Waals surface area contributed by atoms with E-state index in [-0.39, 0.29) is 24.8 Å². The molecule has 2 amide bonds. The normalized spacial score (nSPS) is 11.0. The Morgan fingerprint density at radius 1 is 0.903 bits per heavy atom. The molecule has 158 valence electrons. The van der Waals surface area contributed by atoms with Crippen molar-refractivity contribution in [1.29, 1.82) is 0 Å². The summed E-state index contributed by atoms with van der Waals surface area (Å²) in [7, 11) is 0. The fourth-order valence-corrected chi connectivity index (χ4v) is 2.82. The molecule has 0 radical (unpaired) electrons. The molecule has 2 N–H and O–H groups in total. The van der Waals surface area contributed by atoms with Crippen LogP contribution < -0.4 is 15.5 Å². The van der Waals surface area contributed by atoms with Gasteiger partial charge in [-0.3, -0.25) is 9.59 Å². The third kappa shape index (κ3) is 7.28. The fourth-order valence-electron chi connectivity index (χ4n) is 2.70. The second kappa shape index (κ2) is 10.9. The number of hydrogen-bond acceptors (Lipinski definition) is 4. The van der Waals surface area contributed by atoms with Crippen LogP contribution in [-0.2, 0) is 16.0 Å². The van der Waals surface area contributed by atoms with Crippen molar-refractivity contribution >= 4 is 34.8 Å². The Bertz CT molecular complexity index is 1050. The average Bonchev–Trinajstić information content (AvgIpc) is 2.79. The third-order valence-corrected chi connectivity index (χ3v) is 4.58. The molecule has 6 nitrogen and oxygen atoms in total. The monoisotopic (exact) mass is 435 g/mol. The highest BCUT2D eigenvalue weighted by atomic mass is 35.5. The van der Waals surface area contributed by atoms with E-state index in [1.54, 1.807) is 43.3 Å². The second-order valence-electron chi connectivity index (χ2n) is 6.76. The number of anilines is 1. The lowest BCUT2D eigenvalue weighted by Gasteiger charge is -2.08. The van der Waals surface area contributed by atoms with E-state index >= 15 is 0 Å². The number of amides is 2. The molecule has 0 fully saturated rings. The third-order valence-electron chi connectivity index (χ3n) is 4.33. The molecule has 0 bridgehead atoms. The molecule has 3 aromatic rings. The van der Waals surface area contributed by atoms with Crippen LogP contribution >= 0.6 is 11.6 Å². The van der Waals surface area contributed by atoms with Gasteiger partial charge in [0.2, 0.25) is 5.91 Å². The van der Waals surface area contributed by atoms with Gasteiger partial charge >= 0.3 is 0 Å². The van der Waals surface area contributed by atoms with Gasteiger partial charge in [-0.15, -0.1) is 0 Å². The summed E-state index contributed by atoms with van der Waals surface area (Å²) in [6.45, 7) is 1.66. The van der Waals surface area contributed by atoms with Crippen molar-refractivity contribution in [1.82, 2.24) is 5.43 Å². The highest BCUT2D eigenvalue weighted by Crippen LogP contribution is 2.13. The van der Waals surface area contributed by atoms with Gasteiger partial charge in [-0.2, -0.15) is 5.10 Å². The maximum atomic E-state index is 12.2. The number of hydrogen-bond donors (Lipinski definition) is 2. The molecule has 3 aromatic carbocycles. The van der Waals surface area contributed by atoms with E-state index in [0.717, 1.165) is 11.1 Å². The van der Waals surface area contributed by atoms with Crippen LogP contribution in [0.1, 0.15) is 18.1 Å². The first kappa shape index (κ1) is 22.1. The first-order valence-corrected chi connectivity index (χ1v) is 10.0. The largest absolute Gasteiger partial charge is 0.484 e. The Hall–Kier alpha value is -3.64. The molecule has 0 saturated heterocycles. The van der Waals surface area contributed by atoms with Crippen molar-refractivity contribution in [2.45, 2.75) is 13.3 Å². The second-order valence-corrected chi connectivity index (χ2v) is 7.20. The average molecular weight is 436 g/mol. The van der Waals surface area contributed by atoms with Crippen LogP contribution in [0.15, 0.2) is 84.0 Å². The zero-order valence-electron chi connectivity index (χ0n) is 17.0. The van der Waals surface area contributed by atoms with Gasteiger partial charge in [0.05, 0.1) is 12.1 Å². The van der Waals surface area contributed by atoms with Crippen LogP contribution in [-0.4, -0.2) is 24.1 Å². The summed E-state index contributed by atoms with van der Waals surface area (Å²) < 4.78 is 5.38. The molecule has 0 aliphatic rings. The topological polar surface area (TPSA) is 79.8 Å². The van der Waals surface area contributed by atoms with Crippen LogP contribution in [0.25, 0.3) is 0 Å². The van der Waals surface area contributed by atoms with E-state index in [9.17, 15) is 9.59 Å². The molecule has 3 rings (SSSR count). The number of para-hydroxylation sites is 1. The summed E-state index contributed by atoms with van der Waals surface area (Å²) in [5, 5.41) is 7.59. The minimum absolute atomic E-state index is 0.119. The molecule has 0 spiro atoms. The smallest absolute Gasteiger partial charge is 0.277 e. The van der Waals surface area contributed by atoms with E-state index in [4.69, 9.17) is 16.3 Å². The summed E-state index contributed by atoms with van der Waals surface area (Å²) in [6.07, 6.45) is 0.260. The first-order valence-electron chi connectivity index (χ1n) is 9.65. The zero-order valence-corrected chi connectivity index (χ0v) is 17.7. The van der Waals surface area contributed by atoms with Gasteiger partial charge in [0, 0.05) is 10.7 Å². The van der Waals surface area contributed by atoms with E-state index in [1.165, 1.54) is 0 Å². The highest BCUT2D eigenvalue weighted by molar-refractivity contribution is 6.30. The SMILES string of the molecule is C/C(=N\NC(=O)COc1ccccc1)c1ccc(NC(=O)Cc2ccc(Cl)cc2)cc1. The molecule has 31 heavy (non-hydrogen) atoms. The molecular formula is C24H22ClN3O3. The van der Waals surface area contributed by atoms with Crippen LogP contribution in [0.5, 0.6) is 5.75 Å². The summed E-state index contributed by atoms with van der Waals surface area (Å²) in [5.74, 6) is 0.146. The Kier molecular flexibility index (Phi) is 7.79. The number of halogens is 1. The molecule has 7 heteroatoms. The van der Waals surface area contributed by atoms with Gasteiger partial charge in [-0.25, -0.2) is 5.43 Å². The van der Waals surface area contributed by atoms with Crippen LogP contribution in [0.3, 0.4) is 0 Å².